The topological polar surface area (TPSA) is 67.5 Å². The summed E-state index contributed by atoms with van der Waals surface area (Å²) in [6, 6.07) is 3.60. The van der Waals surface area contributed by atoms with Crippen molar-refractivity contribution in [2.24, 2.45) is 10.7 Å². The van der Waals surface area contributed by atoms with E-state index in [1.807, 2.05) is 19.9 Å². The maximum atomic E-state index is 11.6. The third-order valence-electron chi connectivity index (χ3n) is 2.94. The lowest BCUT2D eigenvalue weighted by Crippen LogP contribution is -2.31. The van der Waals surface area contributed by atoms with Gasteiger partial charge in [-0.15, -0.1) is 0 Å². The van der Waals surface area contributed by atoms with E-state index >= 15 is 0 Å². The Morgan fingerprint density at radius 3 is 2.38 bits per heavy atom. The molecular weight excluding hydrogens is 202 g/mol. The van der Waals surface area contributed by atoms with Gasteiger partial charge in [-0.05, 0) is 43.0 Å². The summed E-state index contributed by atoms with van der Waals surface area (Å²) in [5, 5.41) is 2.52. The molecule has 0 aromatic heterocycles. The molecule has 0 spiro atoms. The molecule has 4 nitrogen and oxygen atoms in total. The summed E-state index contributed by atoms with van der Waals surface area (Å²) in [4.78, 5) is 15.7. The van der Waals surface area contributed by atoms with Gasteiger partial charge in [0, 0.05) is 0 Å². The fourth-order valence-corrected chi connectivity index (χ4v) is 1.91. The molecular formula is C12H15N3O. The number of rotatable bonds is 1. The highest BCUT2D eigenvalue weighted by atomic mass is 16.2. The molecule has 0 saturated heterocycles. The minimum absolute atomic E-state index is 0.149. The number of hydrogen-bond donors (Lipinski definition) is 2. The van der Waals surface area contributed by atoms with E-state index in [1.54, 1.807) is 0 Å². The van der Waals surface area contributed by atoms with Gasteiger partial charge in [-0.3, -0.25) is 10.1 Å². The normalized spacial score (nSPS) is 19.6. The average Bonchev–Trinajstić information content (AvgIpc) is 2.51. The highest BCUT2D eigenvalue weighted by molar-refractivity contribution is 6.04. The van der Waals surface area contributed by atoms with Gasteiger partial charge >= 0.3 is 0 Å². The van der Waals surface area contributed by atoms with Crippen LogP contribution < -0.4 is 11.1 Å². The van der Waals surface area contributed by atoms with Crippen LogP contribution in [0.15, 0.2) is 17.1 Å². The molecule has 16 heavy (non-hydrogen) atoms. The molecule has 1 aliphatic heterocycles. The predicted molar refractivity (Wildman–Crippen MR) is 63.2 cm³/mol. The molecule has 0 bridgehead atoms. The number of carbonyl (C=O) groups is 1. The molecule has 1 aliphatic rings. The van der Waals surface area contributed by atoms with Gasteiger partial charge in [0.05, 0.1) is 0 Å². The molecule has 1 aromatic rings. The van der Waals surface area contributed by atoms with Crippen LogP contribution in [0.25, 0.3) is 0 Å². The minimum atomic E-state index is -0.487. The number of aryl methyl sites for hydroxylation is 3. The SMILES string of the molecule is Cc1cc(C)c(C2N=C(N)NC2=O)cc1C. The molecule has 1 amide bonds. The molecule has 0 aliphatic carbocycles. The van der Waals surface area contributed by atoms with E-state index in [0.29, 0.717) is 0 Å². The molecule has 1 atom stereocenters. The summed E-state index contributed by atoms with van der Waals surface area (Å²) >= 11 is 0. The predicted octanol–water partition coefficient (Wildman–Crippen LogP) is 1.10. The van der Waals surface area contributed by atoms with Crippen molar-refractivity contribution < 1.29 is 4.79 Å². The summed E-state index contributed by atoms with van der Waals surface area (Å²) in [5.41, 5.74) is 9.87. The van der Waals surface area contributed by atoms with Crippen LogP contribution in [-0.2, 0) is 4.79 Å². The molecule has 4 heteroatoms. The van der Waals surface area contributed by atoms with Gasteiger partial charge in [0.1, 0.15) is 0 Å². The van der Waals surface area contributed by atoms with Crippen molar-refractivity contribution in [1.29, 1.82) is 0 Å². The summed E-state index contributed by atoms with van der Waals surface area (Å²) in [6.07, 6.45) is 0. The van der Waals surface area contributed by atoms with Gasteiger partial charge < -0.3 is 5.73 Å². The van der Waals surface area contributed by atoms with Crippen molar-refractivity contribution in [2.75, 3.05) is 0 Å². The Kier molecular flexibility index (Phi) is 2.42. The smallest absolute Gasteiger partial charge is 0.256 e. The van der Waals surface area contributed by atoms with Crippen molar-refractivity contribution >= 4 is 11.9 Å². The number of amides is 1. The summed E-state index contributed by atoms with van der Waals surface area (Å²) in [5.74, 6) is 0.0523. The van der Waals surface area contributed by atoms with Gasteiger partial charge in [-0.1, -0.05) is 12.1 Å². The van der Waals surface area contributed by atoms with Gasteiger partial charge in [0.2, 0.25) is 0 Å². The average molecular weight is 217 g/mol. The molecule has 1 aromatic carbocycles. The quantitative estimate of drug-likeness (QED) is 0.739. The lowest BCUT2D eigenvalue weighted by atomic mass is 9.96. The van der Waals surface area contributed by atoms with Crippen LogP contribution in [0.5, 0.6) is 0 Å². The second kappa shape index (κ2) is 3.63. The van der Waals surface area contributed by atoms with E-state index in [1.165, 1.54) is 5.56 Å². The second-order valence-corrected chi connectivity index (χ2v) is 4.20. The first-order valence-corrected chi connectivity index (χ1v) is 5.21. The molecule has 84 valence electrons. The third-order valence-corrected chi connectivity index (χ3v) is 2.94. The van der Waals surface area contributed by atoms with Crippen LogP contribution >= 0.6 is 0 Å². The van der Waals surface area contributed by atoms with Crippen LogP contribution in [0.2, 0.25) is 0 Å². The van der Waals surface area contributed by atoms with Crippen LogP contribution in [0.3, 0.4) is 0 Å². The first kappa shape index (κ1) is 10.7. The van der Waals surface area contributed by atoms with Crippen molar-refractivity contribution in [2.45, 2.75) is 26.8 Å². The van der Waals surface area contributed by atoms with Gasteiger partial charge in [-0.2, -0.15) is 0 Å². The summed E-state index contributed by atoms with van der Waals surface area (Å²) < 4.78 is 0. The fraction of sp³-hybridized carbons (Fsp3) is 0.333. The monoisotopic (exact) mass is 217 g/mol. The Morgan fingerprint density at radius 2 is 1.81 bits per heavy atom. The Balaban J connectivity index is 2.49. The number of carbonyl (C=O) groups excluding carboxylic acids is 1. The number of nitrogens with one attached hydrogen (secondary N) is 1. The Bertz CT molecular complexity index is 491. The van der Waals surface area contributed by atoms with Crippen LogP contribution in [0, 0.1) is 20.8 Å². The Labute approximate surface area is 94.6 Å². The van der Waals surface area contributed by atoms with Crippen LogP contribution in [0.4, 0.5) is 0 Å². The summed E-state index contributed by atoms with van der Waals surface area (Å²) in [7, 11) is 0. The molecule has 0 radical (unpaired) electrons. The maximum absolute atomic E-state index is 11.6. The van der Waals surface area contributed by atoms with E-state index in [0.717, 1.165) is 16.7 Å². The van der Waals surface area contributed by atoms with E-state index in [2.05, 4.69) is 23.3 Å². The van der Waals surface area contributed by atoms with E-state index in [4.69, 9.17) is 5.73 Å². The molecule has 3 N–H and O–H groups in total. The highest BCUT2D eigenvalue weighted by Gasteiger charge is 2.27. The van der Waals surface area contributed by atoms with Crippen LogP contribution in [0.1, 0.15) is 28.3 Å². The number of nitrogens with two attached hydrogens (primary N) is 1. The summed E-state index contributed by atoms with van der Waals surface area (Å²) in [6.45, 7) is 6.07. The largest absolute Gasteiger partial charge is 0.370 e. The minimum Gasteiger partial charge on any atom is -0.370 e. The van der Waals surface area contributed by atoms with Gasteiger partial charge in [0.15, 0.2) is 12.0 Å². The molecule has 0 fully saturated rings. The maximum Gasteiger partial charge on any atom is 0.256 e. The fourth-order valence-electron chi connectivity index (χ4n) is 1.91. The number of benzene rings is 1. The van der Waals surface area contributed by atoms with E-state index < -0.39 is 6.04 Å². The molecule has 1 unspecified atom stereocenters. The number of aliphatic imine (C=N–C) groups is 1. The van der Waals surface area contributed by atoms with Crippen molar-refractivity contribution in [1.82, 2.24) is 5.32 Å². The van der Waals surface area contributed by atoms with E-state index in [9.17, 15) is 4.79 Å². The first-order chi connectivity index (χ1) is 7.49. The standard InChI is InChI=1S/C12H15N3O/c1-6-4-8(3)9(5-7(6)2)10-11(16)15-12(13)14-10/h4-5,10H,1-3H3,(H3,13,14,15,16). The Hall–Kier alpha value is -1.84. The zero-order valence-electron chi connectivity index (χ0n) is 9.66. The molecule has 2 rings (SSSR count). The zero-order valence-corrected chi connectivity index (χ0v) is 9.66. The molecule has 1 heterocycles. The number of hydrogen-bond acceptors (Lipinski definition) is 3. The lowest BCUT2D eigenvalue weighted by Gasteiger charge is -2.12. The third kappa shape index (κ3) is 1.66. The zero-order chi connectivity index (χ0) is 11.9. The van der Waals surface area contributed by atoms with Gasteiger partial charge in [-0.25, -0.2) is 4.99 Å². The van der Waals surface area contributed by atoms with Crippen molar-refractivity contribution in [3.63, 3.8) is 0 Å². The molecule has 0 saturated carbocycles. The van der Waals surface area contributed by atoms with Crippen LogP contribution in [-0.4, -0.2) is 11.9 Å². The first-order valence-electron chi connectivity index (χ1n) is 5.21. The number of guanidine groups is 1. The second-order valence-electron chi connectivity index (χ2n) is 4.20. The Morgan fingerprint density at radius 1 is 1.19 bits per heavy atom. The highest BCUT2D eigenvalue weighted by Crippen LogP contribution is 2.26. The lowest BCUT2D eigenvalue weighted by molar-refractivity contribution is -0.120. The van der Waals surface area contributed by atoms with Crippen molar-refractivity contribution in [3.05, 3.63) is 34.4 Å². The van der Waals surface area contributed by atoms with Gasteiger partial charge in [0.25, 0.3) is 5.91 Å². The van der Waals surface area contributed by atoms with Crippen molar-refractivity contribution in [3.8, 4) is 0 Å². The number of nitrogens with zero attached hydrogens (tertiary/aromatic N) is 1. The van der Waals surface area contributed by atoms with E-state index in [-0.39, 0.29) is 11.9 Å².